The van der Waals surface area contributed by atoms with Gasteiger partial charge in [-0.1, -0.05) is 0 Å². The lowest BCUT2D eigenvalue weighted by Crippen LogP contribution is -2.37. The number of ether oxygens (including phenoxy) is 1. The molecule has 0 fully saturated rings. The predicted molar refractivity (Wildman–Crippen MR) is 113 cm³/mol. The third kappa shape index (κ3) is 5.13. The van der Waals surface area contributed by atoms with Crippen LogP contribution in [0.4, 0.5) is 22.0 Å². The van der Waals surface area contributed by atoms with Gasteiger partial charge < -0.3 is 9.30 Å². The number of rotatable bonds is 8. The SMILES string of the molecule is CC(C)n1c(-c2ccc(S(=O)(=O)NC(CF)CF)cn2)c(C#N)c2ccc(OC(F)(F)F)cc21. The normalized spacial score (nSPS) is 12.5. The Kier molecular flexibility index (Phi) is 7.13. The van der Waals surface area contributed by atoms with Crippen molar-refractivity contribution >= 4 is 20.9 Å². The summed E-state index contributed by atoms with van der Waals surface area (Å²) < 4.78 is 95.7. The van der Waals surface area contributed by atoms with Gasteiger partial charge in [0.1, 0.15) is 30.1 Å². The van der Waals surface area contributed by atoms with Crippen LogP contribution in [0.2, 0.25) is 0 Å². The minimum atomic E-state index is -4.90. The van der Waals surface area contributed by atoms with Gasteiger partial charge in [0.15, 0.2) is 0 Å². The molecule has 0 aliphatic heterocycles. The molecule has 182 valence electrons. The Morgan fingerprint density at radius 3 is 2.35 bits per heavy atom. The van der Waals surface area contributed by atoms with Crippen molar-refractivity contribution < 1.29 is 35.1 Å². The molecule has 7 nitrogen and oxygen atoms in total. The van der Waals surface area contributed by atoms with Crippen LogP contribution in [0.1, 0.15) is 25.5 Å². The van der Waals surface area contributed by atoms with E-state index in [1.165, 1.54) is 12.1 Å². The van der Waals surface area contributed by atoms with Gasteiger partial charge in [0, 0.05) is 23.7 Å². The zero-order valence-corrected chi connectivity index (χ0v) is 18.7. The smallest absolute Gasteiger partial charge is 0.406 e. The molecule has 0 unspecified atom stereocenters. The topological polar surface area (TPSA) is 97.0 Å². The number of pyridine rings is 1. The summed E-state index contributed by atoms with van der Waals surface area (Å²) in [5.41, 5.74) is 0.848. The van der Waals surface area contributed by atoms with Crippen LogP contribution in [-0.2, 0) is 10.0 Å². The number of hydrogen-bond donors (Lipinski definition) is 1. The Morgan fingerprint density at radius 2 is 1.85 bits per heavy atom. The molecule has 0 radical (unpaired) electrons. The van der Waals surface area contributed by atoms with Gasteiger partial charge in [-0.05, 0) is 38.1 Å². The molecule has 2 aromatic heterocycles. The molecule has 0 bridgehead atoms. The highest BCUT2D eigenvalue weighted by Gasteiger charge is 2.32. The van der Waals surface area contributed by atoms with Crippen molar-refractivity contribution in [1.29, 1.82) is 5.26 Å². The zero-order valence-electron chi connectivity index (χ0n) is 17.9. The van der Waals surface area contributed by atoms with Crippen molar-refractivity contribution in [2.75, 3.05) is 13.3 Å². The average Bonchev–Trinajstić information content (AvgIpc) is 3.10. The van der Waals surface area contributed by atoms with Crippen molar-refractivity contribution in [3.05, 3.63) is 42.1 Å². The Morgan fingerprint density at radius 1 is 1.18 bits per heavy atom. The molecule has 1 N–H and O–H groups in total. The maximum Gasteiger partial charge on any atom is 0.573 e. The molecule has 3 aromatic rings. The lowest BCUT2D eigenvalue weighted by molar-refractivity contribution is -0.274. The second-order valence-electron chi connectivity index (χ2n) is 7.53. The van der Waals surface area contributed by atoms with Gasteiger partial charge in [-0.2, -0.15) is 5.26 Å². The Balaban J connectivity index is 2.14. The molecular formula is C21H19F5N4O3S. The molecule has 0 aliphatic rings. The first-order chi connectivity index (χ1) is 15.9. The quantitative estimate of drug-likeness (QED) is 0.453. The summed E-state index contributed by atoms with van der Waals surface area (Å²) in [6, 6.07) is 6.19. The van der Waals surface area contributed by atoms with Crippen molar-refractivity contribution in [2.24, 2.45) is 0 Å². The molecular weight excluding hydrogens is 483 g/mol. The maximum absolute atomic E-state index is 12.7. The highest BCUT2D eigenvalue weighted by atomic mass is 32.2. The van der Waals surface area contributed by atoms with E-state index >= 15 is 0 Å². The summed E-state index contributed by atoms with van der Waals surface area (Å²) in [6.07, 6.45) is -3.93. The number of benzene rings is 1. The monoisotopic (exact) mass is 502 g/mol. The molecule has 0 saturated heterocycles. The van der Waals surface area contributed by atoms with Crippen LogP contribution in [0.3, 0.4) is 0 Å². The summed E-state index contributed by atoms with van der Waals surface area (Å²) in [7, 11) is -4.26. The Bertz CT molecular complexity index is 1330. The molecule has 0 amide bonds. The molecule has 0 aliphatic carbocycles. The number of nitriles is 1. The van der Waals surface area contributed by atoms with E-state index in [-0.39, 0.29) is 33.4 Å². The fourth-order valence-corrected chi connectivity index (χ4v) is 4.60. The van der Waals surface area contributed by atoms with Gasteiger partial charge in [0.05, 0.1) is 28.5 Å². The van der Waals surface area contributed by atoms with Crippen LogP contribution in [0.25, 0.3) is 22.3 Å². The van der Waals surface area contributed by atoms with Crippen molar-refractivity contribution in [2.45, 2.75) is 37.2 Å². The Hall–Kier alpha value is -3.24. The number of halogens is 5. The first-order valence-electron chi connectivity index (χ1n) is 9.86. The van der Waals surface area contributed by atoms with E-state index in [9.17, 15) is 35.6 Å². The second kappa shape index (κ2) is 9.55. The molecule has 2 heterocycles. The zero-order chi connectivity index (χ0) is 25.3. The van der Waals surface area contributed by atoms with Crippen molar-refractivity contribution in [1.82, 2.24) is 14.3 Å². The fraction of sp³-hybridized carbons (Fsp3) is 0.333. The van der Waals surface area contributed by atoms with Crippen LogP contribution in [-0.4, -0.2) is 43.7 Å². The third-order valence-corrected chi connectivity index (χ3v) is 6.33. The van der Waals surface area contributed by atoms with E-state index < -0.39 is 41.5 Å². The minimum Gasteiger partial charge on any atom is -0.406 e. The van der Waals surface area contributed by atoms with Gasteiger partial charge in [0.25, 0.3) is 0 Å². The fourth-order valence-electron chi connectivity index (χ4n) is 3.46. The summed E-state index contributed by atoms with van der Waals surface area (Å²) in [5, 5.41) is 10.1. The van der Waals surface area contributed by atoms with E-state index in [1.807, 2.05) is 10.8 Å². The first-order valence-corrected chi connectivity index (χ1v) is 11.3. The van der Waals surface area contributed by atoms with E-state index in [1.54, 1.807) is 18.4 Å². The number of sulfonamides is 1. The first kappa shape index (κ1) is 25.4. The highest BCUT2D eigenvalue weighted by molar-refractivity contribution is 7.89. The number of fused-ring (bicyclic) bond motifs is 1. The average molecular weight is 502 g/mol. The largest absolute Gasteiger partial charge is 0.573 e. The second-order valence-corrected chi connectivity index (χ2v) is 9.25. The van der Waals surface area contributed by atoms with Crippen molar-refractivity contribution in [3.8, 4) is 23.2 Å². The van der Waals surface area contributed by atoms with E-state index in [2.05, 4.69) is 9.72 Å². The maximum atomic E-state index is 12.7. The molecule has 1 aromatic carbocycles. The summed E-state index contributed by atoms with van der Waals surface area (Å²) in [4.78, 5) is 3.76. The van der Waals surface area contributed by atoms with E-state index in [0.29, 0.717) is 5.39 Å². The standard InChI is InChI=1S/C21H19F5N4O3S/c1-12(2)30-19-7-14(33-21(24,25)26)3-5-16(19)17(10-27)20(30)18-6-4-15(11-28-18)34(31,32)29-13(8-22)9-23/h3-7,11-13,29H,8-9H2,1-2H3. The summed E-state index contributed by atoms with van der Waals surface area (Å²) >= 11 is 0. The molecule has 3 rings (SSSR count). The molecule has 13 heteroatoms. The molecule has 34 heavy (non-hydrogen) atoms. The van der Waals surface area contributed by atoms with Crippen LogP contribution < -0.4 is 9.46 Å². The van der Waals surface area contributed by atoms with E-state index in [4.69, 9.17) is 0 Å². The summed E-state index contributed by atoms with van der Waals surface area (Å²) in [5.74, 6) is -0.466. The third-order valence-electron chi connectivity index (χ3n) is 4.82. The number of hydrogen-bond acceptors (Lipinski definition) is 5. The van der Waals surface area contributed by atoms with Crippen molar-refractivity contribution in [3.63, 3.8) is 0 Å². The van der Waals surface area contributed by atoms with Gasteiger partial charge >= 0.3 is 6.36 Å². The highest BCUT2D eigenvalue weighted by Crippen LogP contribution is 2.37. The van der Waals surface area contributed by atoms with Crippen LogP contribution in [0.5, 0.6) is 5.75 Å². The molecule has 0 spiro atoms. The number of nitrogens with zero attached hydrogens (tertiary/aromatic N) is 3. The summed E-state index contributed by atoms with van der Waals surface area (Å²) in [6.45, 7) is 1.03. The predicted octanol–water partition coefficient (Wildman–Crippen LogP) is 4.64. The van der Waals surface area contributed by atoms with Crippen LogP contribution in [0.15, 0.2) is 41.4 Å². The lowest BCUT2D eigenvalue weighted by atomic mass is 10.1. The lowest BCUT2D eigenvalue weighted by Gasteiger charge is -2.16. The van der Waals surface area contributed by atoms with Gasteiger partial charge in [0.2, 0.25) is 10.0 Å². The van der Waals surface area contributed by atoms with E-state index in [0.717, 1.165) is 24.4 Å². The van der Waals surface area contributed by atoms with Gasteiger partial charge in [-0.3, -0.25) is 4.98 Å². The minimum absolute atomic E-state index is 0.124. The van der Waals surface area contributed by atoms with Crippen LogP contribution >= 0.6 is 0 Å². The number of nitrogens with one attached hydrogen (secondary N) is 1. The number of alkyl halides is 5. The Labute approximate surface area is 191 Å². The van der Waals surface area contributed by atoms with Crippen LogP contribution in [0, 0.1) is 11.3 Å². The molecule has 0 saturated carbocycles. The molecule has 0 atom stereocenters. The van der Waals surface area contributed by atoms with Gasteiger partial charge in [-0.25, -0.2) is 21.9 Å². The number of aromatic nitrogens is 2. The van der Waals surface area contributed by atoms with Gasteiger partial charge in [-0.15, -0.1) is 13.2 Å².